The van der Waals surface area contributed by atoms with Gasteiger partial charge >= 0.3 is 6.09 Å². The van der Waals surface area contributed by atoms with Crippen LogP contribution >= 0.6 is 0 Å². The molecular weight excluding hydrogens is 294 g/mol. The second-order valence-corrected chi connectivity index (χ2v) is 8.21. The molecule has 2 unspecified atom stereocenters. The molecule has 2 atom stereocenters. The first kappa shape index (κ1) is 15.0. The van der Waals surface area contributed by atoms with Crippen LogP contribution in [-0.4, -0.2) is 38.8 Å². The van der Waals surface area contributed by atoms with Crippen LogP contribution in [0.4, 0.5) is 4.79 Å². The summed E-state index contributed by atoms with van der Waals surface area (Å²) in [6.45, 7) is 5.74. The average molecular weight is 319 g/mol. The van der Waals surface area contributed by atoms with Crippen molar-refractivity contribution in [1.82, 2.24) is 15.0 Å². The van der Waals surface area contributed by atoms with Gasteiger partial charge in [0.15, 0.2) is 5.82 Å². The van der Waals surface area contributed by atoms with Crippen molar-refractivity contribution in [3.63, 3.8) is 0 Å². The first-order valence-electron chi connectivity index (χ1n) is 8.75. The minimum Gasteiger partial charge on any atom is -0.444 e. The molecule has 6 heteroatoms. The van der Waals surface area contributed by atoms with Gasteiger partial charge in [0, 0.05) is 23.9 Å². The number of carbonyl (C=O) groups excluding carboxylic acids is 1. The molecule has 1 aromatic heterocycles. The van der Waals surface area contributed by atoms with Crippen molar-refractivity contribution in [2.24, 2.45) is 0 Å². The van der Waals surface area contributed by atoms with E-state index in [1.54, 1.807) is 0 Å². The minimum atomic E-state index is -0.445. The Balaban J connectivity index is 1.45. The maximum Gasteiger partial charge on any atom is 0.410 e. The third-order valence-corrected chi connectivity index (χ3v) is 5.09. The molecule has 3 heterocycles. The number of carbonyl (C=O) groups is 1. The van der Waals surface area contributed by atoms with Gasteiger partial charge < -0.3 is 14.2 Å². The Morgan fingerprint density at radius 1 is 1.13 bits per heavy atom. The fourth-order valence-electron chi connectivity index (χ4n) is 3.91. The molecule has 2 bridgehead atoms. The van der Waals surface area contributed by atoms with Crippen LogP contribution in [0.3, 0.4) is 0 Å². The Bertz CT molecular complexity index is 588. The Hall–Kier alpha value is -1.59. The normalized spacial score (nSPS) is 30.6. The van der Waals surface area contributed by atoms with E-state index >= 15 is 0 Å². The van der Waals surface area contributed by atoms with Gasteiger partial charge in [-0.15, -0.1) is 0 Å². The predicted octanol–water partition coefficient (Wildman–Crippen LogP) is 3.59. The van der Waals surface area contributed by atoms with E-state index in [1.165, 1.54) is 12.8 Å². The minimum absolute atomic E-state index is 0.173. The van der Waals surface area contributed by atoms with Gasteiger partial charge in [0.25, 0.3) is 0 Å². The molecule has 0 aromatic carbocycles. The third kappa shape index (κ3) is 2.95. The van der Waals surface area contributed by atoms with E-state index in [4.69, 9.17) is 9.26 Å². The van der Waals surface area contributed by atoms with Crippen LogP contribution < -0.4 is 0 Å². The number of nitrogens with zero attached hydrogens (tertiary/aromatic N) is 3. The van der Waals surface area contributed by atoms with Gasteiger partial charge in [-0.1, -0.05) is 5.16 Å². The summed E-state index contributed by atoms with van der Waals surface area (Å²) < 4.78 is 11.1. The highest BCUT2D eigenvalue weighted by atomic mass is 16.6. The van der Waals surface area contributed by atoms with E-state index in [9.17, 15) is 4.79 Å². The van der Waals surface area contributed by atoms with Gasteiger partial charge in [-0.3, -0.25) is 0 Å². The number of rotatable bonds is 2. The predicted molar refractivity (Wildman–Crippen MR) is 83.1 cm³/mol. The number of ether oxygens (including phenoxy) is 1. The number of aromatic nitrogens is 2. The highest BCUT2D eigenvalue weighted by Crippen LogP contribution is 2.44. The van der Waals surface area contributed by atoms with Gasteiger partial charge in [0.1, 0.15) is 5.60 Å². The second-order valence-electron chi connectivity index (χ2n) is 8.21. The largest absolute Gasteiger partial charge is 0.444 e. The molecule has 0 spiro atoms. The molecule has 1 saturated carbocycles. The number of fused-ring (bicyclic) bond motifs is 2. The van der Waals surface area contributed by atoms with Crippen molar-refractivity contribution in [3.05, 3.63) is 11.7 Å². The first-order chi connectivity index (χ1) is 10.9. The van der Waals surface area contributed by atoms with Crippen LogP contribution in [0.1, 0.15) is 82.8 Å². The highest BCUT2D eigenvalue weighted by molar-refractivity contribution is 5.69. The van der Waals surface area contributed by atoms with Gasteiger partial charge in [-0.25, -0.2) is 4.79 Å². The standard InChI is InChI=1S/C17H25N3O3/c1-17(2,3)22-16(21)20-12-6-7-13(20)9-11(8-12)15-18-14(19-23-15)10-4-5-10/h10-13H,4-9H2,1-3H3. The SMILES string of the molecule is CC(C)(C)OC(=O)N1C2CCC1CC(c1nc(C3CC3)no1)C2. The topological polar surface area (TPSA) is 68.5 Å². The fourth-order valence-corrected chi connectivity index (χ4v) is 3.91. The zero-order valence-electron chi connectivity index (χ0n) is 14.1. The van der Waals surface area contributed by atoms with E-state index in [-0.39, 0.29) is 24.1 Å². The van der Waals surface area contributed by atoms with Crippen molar-refractivity contribution in [1.29, 1.82) is 0 Å². The van der Waals surface area contributed by atoms with Crippen LogP contribution in [0.5, 0.6) is 0 Å². The zero-order valence-corrected chi connectivity index (χ0v) is 14.1. The van der Waals surface area contributed by atoms with E-state index in [2.05, 4.69) is 10.1 Å². The molecule has 1 aliphatic carbocycles. The average Bonchev–Trinajstić information content (AvgIpc) is 3.13. The number of hydrogen-bond acceptors (Lipinski definition) is 5. The summed E-state index contributed by atoms with van der Waals surface area (Å²) in [6.07, 6.45) is 6.09. The lowest BCUT2D eigenvalue weighted by Gasteiger charge is -2.38. The van der Waals surface area contributed by atoms with Crippen molar-refractivity contribution in [3.8, 4) is 0 Å². The fraction of sp³-hybridized carbons (Fsp3) is 0.824. The Labute approximate surface area is 136 Å². The van der Waals surface area contributed by atoms with Gasteiger partial charge in [0.05, 0.1) is 0 Å². The summed E-state index contributed by atoms with van der Waals surface area (Å²) in [5.74, 6) is 2.45. The van der Waals surface area contributed by atoms with Crippen molar-refractivity contribution in [2.75, 3.05) is 0 Å². The van der Waals surface area contributed by atoms with E-state index in [1.807, 2.05) is 25.7 Å². The summed E-state index contributed by atoms with van der Waals surface area (Å²) in [6, 6.07) is 0.481. The first-order valence-corrected chi connectivity index (χ1v) is 8.75. The molecule has 1 amide bonds. The molecule has 3 aliphatic rings. The quantitative estimate of drug-likeness (QED) is 0.833. The number of amides is 1. The summed E-state index contributed by atoms with van der Waals surface area (Å²) in [7, 11) is 0. The number of hydrogen-bond donors (Lipinski definition) is 0. The lowest BCUT2D eigenvalue weighted by Crippen LogP contribution is -2.48. The third-order valence-electron chi connectivity index (χ3n) is 5.09. The highest BCUT2D eigenvalue weighted by Gasteiger charge is 2.46. The monoisotopic (exact) mass is 319 g/mol. The Morgan fingerprint density at radius 2 is 1.78 bits per heavy atom. The Morgan fingerprint density at radius 3 is 2.35 bits per heavy atom. The molecule has 2 saturated heterocycles. The zero-order chi connectivity index (χ0) is 16.2. The molecule has 3 fully saturated rings. The molecular formula is C17H25N3O3. The van der Waals surface area contributed by atoms with Crippen LogP contribution in [0.2, 0.25) is 0 Å². The van der Waals surface area contributed by atoms with E-state index in [0.717, 1.165) is 37.4 Å². The van der Waals surface area contributed by atoms with Gasteiger partial charge in [0.2, 0.25) is 5.89 Å². The van der Waals surface area contributed by atoms with Gasteiger partial charge in [-0.05, 0) is 59.3 Å². The maximum atomic E-state index is 12.5. The summed E-state index contributed by atoms with van der Waals surface area (Å²) in [4.78, 5) is 19.0. The molecule has 1 aromatic rings. The lowest BCUT2D eigenvalue weighted by molar-refractivity contribution is 0.00469. The molecule has 2 aliphatic heterocycles. The smallest absolute Gasteiger partial charge is 0.410 e. The van der Waals surface area contributed by atoms with Crippen LogP contribution in [0, 0.1) is 0 Å². The van der Waals surface area contributed by atoms with Crippen LogP contribution in [0.15, 0.2) is 4.52 Å². The van der Waals surface area contributed by atoms with Crippen molar-refractivity contribution in [2.45, 2.75) is 88.8 Å². The number of piperidine rings is 1. The lowest BCUT2D eigenvalue weighted by atomic mass is 9.91. The molecule has 0 radical (unpaired) electrons. The van der Waals surface area contributed by atoms with E-state index in [0.29, 0.717) is 5.92 Å². The Kier molecular flexibility index (Phi) is 3.39. The maximum absolute atomic E-state index is 12.5. The molecule has 6 nitrogen and oxygen atoms in total. The van der Waals surface area contributed by atoms with Crippen LogP contribution in [-0.2, 0) is 4.74 Å². The molecule has 23 heavy (non-hydrogen) atoms. The summed E-state index contributed by atoms with van der Waals surface area (Å²) in [5, 5.41) is 4.14. The molecule has 0 N–H and O–H groups in total. The van der Waals surface area contributed by atoms with Gasteiger partial charge in [-0.2, -0.15) is 4.98 Å². The second kappa shape index (κ2) is 5.21. The van der Waals surface area contributed by atoms with Crippen molar-refractivity contribution < 1.29 is 14.1 Å². The summed E-state index contributed by atoms with van der Waals surface area (Å²) >= 11 is 0. The molecule has 4 rings (SSSR count). The molecule has 126 valence electrons. The van der Waals surface area contributed by atoms with E-state index < -0.39 is 5.60 Å². The summed E-state index contributed by atoms with van der Waals surface area (Å²) in [5.41, 5.74) is -0.445. The van der Waals surface area contributed by atoms with Crippen LogP contribution in [0.25, 0.3) is 0 Å². The van der Waals surface area contributed by atoms with Crippen molar-refractivity contribution >= 4 is 6.09 Å².